The largest absolute Gasteiger partial charge is 0.398 e. The molecule has 0 bridgehead atoms. The molecule has 0 saturated heterocycles. The Kier molecular flexibility index (Phi) is 4.16. The molecule has 19 heavy (non-hydrogen) atoms. The second-order valence-electron chi connectivity index (χ2n) is 4.31. The highest BCUT2D eigenvalue weighted by atomic mass is 32.1. The quantitative estimate of drug-likeness (QED) is 0.933. The molecule has 0 unspecified atom stereocenters. The van der Waals surface area contributed by atoms with Gasteiger partial charge in [0, 0.05) is 29.0 Å². The van der Waals surface area contributed by atoms with Gasteiger partial charge in [-0.1, -0.05) is 6.07 Å². The van der Waals surface area contributed by atoms with Gasteiger partial charge in [-0.25, -0.2) is 0 Å². The van der Waals surface area contributed by atoms with Crippen LogP contribution in [-0.4, -0.2) is 22.3 Å². The van der Waals surface area contributed by atoms with Crippen LogP contribution >= 0.6 is 11.3 Å². The molecule has 100 valence electrons. The van der Waals surface area contributed by atoms with Crippen LogP contribution in [0.15, 0.2) is 29.8 Å². The van der Waals surface area contributed by atoms with E-state index in [1.165, 1.54) is 0 Å². The van der Waals surface area contributed by atoms with Gasteiger partial charge in [0.25, 0.3) is 5.91 Å². The molecule has 2 aromatic heterocycles. The van der Waals surface area contributed by atoms with E-state index in [4.69, 9.17) is 5.73 Å². The van der Waals surface area contributed by atoms with Gasteiger partial charge in [0.15, 0.2) is 0 Å². The van der Waals surface area contributed by atoms with Gasteiger partial charge >= 0.3 is 0 Å². The Balaban J connectivity index is 2.20. The number of nitrogens with two attached hydrogens (primary N) is 1. The molecule has 0 aliphatic rings. The van der Waals surface area contributed by atoms with Crippen molar-refractivity contribution in [1.82, 2.24) is 9.88 Å². The maximum atomic E-state index is 12.4. The van der Waals surface area contributed by atoms with Crippen LogP contribution in [0.25, 0.3) is 0 Å². The summed E-state index contributed by atoms with van der Waals surface area (Å²) in [6.45, 7) is 5.07. The number of carbonyl (C=O) groups is 1. The Morgan fingerprint density at radius 3 is 2.89 bits per heavy atom. The third-order valence-electron chi connectivity index (χ3n) is 2.90. The molecule has 0 saturated carbocycles. The Morgan fingerprint density at radius 2 is 2.32 bits per heavy atom. The minimum Gasteiger partial charge on any atom is -0.398 e. The summed E-state index contributed by atoms with van der Waals surface area (Å²) < 4.78 is 0. The first-order chi connectivity index (χ1) is 9.11. The standard InChI is InChI=1S/C14H17N3OS/c1-3-17(9-11-5-4-6-19-11)14(18)12-8-16-10(2)7-13(12)15/h4-8H,3,9H2,1-2H3,(H2,15,16). The van der Waals surface area contributed by atoms with Gasteiger partial charge in [-0.2, -0.15) is 0 Å². The highest BCUT2D eigenvalue weighted by Crippen LogP contribution is 2.17. The molecule has 0 aliphatic heterocycles. The molecule has 2 N–H and O–H groups in total. The predicted octanol–water partition coefficient (Wildman–Crippen LogP) is 2.70. The van der Waals surface area contributed by atoms with Crippen molar-refractivity contribution in [3.63, 3.8) is 0 Å². The van der Waals surface area contributed by atoms with Gasteiger partial charge in [0.1, 0.15) is 0 Å². The Hall–Kier alpha value is -1.88. The first kappa shape index (κ1) is 13.5. The van der Waals surface area contributed by atoms with Gasteiger partial charge < -0.3 is 10.6 Å². The van der Waals surface area contributed by atoms with Gasteiger partial charge in [-0.15, -0.1) is 11.3 Å². The number of nitrogen functional groups attached to an aromatic ring is 1. The molecule has 0 spiro atoms. The van der Waals surface area contributed by atoms with Crippen LogP contribution in [0.2, 0.25) is 0 Å². The lowest BCUT2D eigenvalue weighted by Crippen LogP contribution is -2.30. The summed E-state index contributed by atoms with van der Waals surface area (Å²) in [4.78, 5) is 19.5. The molecular weight excluding hydrogens is 258 g/mol. The lowest BCUT2D eigenvalue weighted by atomic mass is 10.2. The van der Waals surface area contributed by atoms with Gasteiger partial charge in [-0.05, 0) is 31.4 Å². The molecular formula is C14H17N3OS. The number of nitrogens with zero attached hydrogens (tertiary/aromatic N) is 2. The van der Waals surface area contributed by atoms with Crippen LogP contribution in [0.1, 0.15) is 27.9 Å². The third-order valence-corrected chi connectivity index (χ3v) is 3.76. The summed E-state index contributed by atoms with van der Waals surface area (Å²) >= 11 is 1.65. The average molecular weight is 275 g/mol. The number of pyridine rings is 1. The summed E-state index contributed by atoms with van der Waals surface area (Å²) in [5.74, 6) is -0.0686. The summed E-state index contributed by atoms with van der Waals surface area (Å²) in [5.41, 5.74) is 7.68. The van der Waals surface area contributed by atoms with Crippen molar-refractivity contribution in [2.24, 2.45) is 0 Å². The molecule has 2 aromatic rings. The minimum atomic E-state index is -0.0686. The van der Waals surface area contributed by atoms with Crippen LogP contribution in [0.5, 0.6) is 0 Å². The van der Waals surface area contributed by atoms with E-state index in [0.29, 0.717) is 24.3 Å². The van der Waals surface area contributed by atoms with E-state index in [1.807, 2.05) is 31.4 Å². The molecule has 5 heteroatoms. The lowest BCUT2D eigenvalue weighted by molar-refractivity contribution is 0.0755. The van der Waals surface area contributed by atoms with Crippen molar-refractivity contribution in [2.75, 3.05) is 12.3 Å². The third kappa shape index (κ3) is 3.12. The number of hydrogen-bond acceptors (Lipinski definition) is 4. The monoisotopic (exact) mass is 275 g/mol. The molecule has 0 fully saturated rings. The van der Waals surface area contributed by atoms with Crippen LogP contribution < -0.4 is 5.73 Å². The van der Waals surface area contributed by atoms with Gasteiger partial charge in [0.2, 0.25) is 0 Å². The molecule has 1 amide bonds. The van der Waals surface area contributed by atoms with Crippen LogP contribution in [0, 0.1) is 6.92 Å². The van der Waals surface area contributed by atoms with E-state index in [9.17, 15) is 4.79 Å². The van der Waals surface area contributed by atoms with Crippen molar-refractivity contribution in [1.29, 1.82) is 0 Å². The number of aromatic nitrogens is 1. The topological polar surface area (TPSA) is 59.2 Å². The first-order valence-electron chi connectivity index (χ1n) is 6.15. The van der Waals surface area contributed by atoms with Crippen molar-refractivity contribution in [3.8, 4) is 0 Å². The first-order valence-corrected chi connectivity index (χ1v) is 7.03. The molecule has 0 atom stereocenters. The zero-order valence-corrected chi connectivity index (χ0v) is 11.9. The zero-order valence-electron chi connectivity index (χ0n) is 11.1. The van der Waals surface area contributed by atoms with E-state index in [0.717, 1.165) is 10.6 Å². The maximum Gasteiger partial charge on any atom is 0.257 e. The van der Waals surface area contributed by atoms with E-state index in [2.05, 4.69) is 4.98 Å². The van der Waals surface area contributed by atoms with Crippen molar-refractivity contribution < 1.29 is 4.79 Å². The molecule has 4 nitrogen and oxygen atoms in total. The number of aryl methyl sites for hydroxylation is 1. The minimum absolute atomic E-state index is 0.0686. The Labute approximate surface area is 116 Å². The number of hydrogen-bond donors (Lipinski definition) is 1. The Bertz CT molecular complexity index is 566. The van der Waals surface area contributed by atoms with Gasteiger partial charge in [-0.3, -0.25) is 9.78 Å². The zero-order chi connectivity index (χ0) is 13.8. The summed E-state index contributed by atoms with van der Waals surface area (Å²) in [7, 11) is 0. The summed E-state index contributed by atoms with van der Waals surface area (Å²) in [6.07, 6.45) is 1.56. The second-order valence-corrected chi connectivity index (χ2v) is 5.34. The maximum absolute atomic E-state index is 12.4. The van der Waals surface area contributed by atoms with Gasteiger partial charge in [0.05, 0.1) is 12.1 Å². The number of rotatable bonds is 4. The summed E-state index contributed by atoms with van der Waals surface area (Å²) in [5, 5.41) is 2.01. The number of amides is 1. The molecule has 0 radical (unpaired) electrons. The smallest absolute Gasteiger partial charge is 0.257 e. The Morgan fingerprint density at radius 1 is 1.53 bits per heavy atom. The SMILES string of the molecule is CCN(Cc1cccs1)C(=O)c1cnc(C)cc1N. The van der Waals surface area contributed by atoms with Crippen LogP contribution in [0.4, 0.5) is 5.69 Å². The van der Waals surface area contributed by atoms with Crippen LogP contribution in [0.3, 0.4) is 0 Å². The highest BCUT2D eigenvalue weighted by molar-refractivity contribution is 7.09. The van der Waals surface area contributed by atoms with E-state index in [-0.39, 0.29) is 5.91 Å². The van der Waals surface area contributed by atoms with Crippen LogP contribution in [-0.2, 0) is 6.54 Å². The fourth-order valence-corrected chi connectivity index (χ4v) is 2.57. The fourth-order valence-electron chi connectivity index (χ4n) is 1.85. The molecule has 2 heterocycles. The van der Waals surface area contributed by atoms with E-state index < -0.39 is 0 Å². The highest BCUT2D eigenvalue weighted by Gasteiger charge is 2.17. The lowest BCUT2D eigenvalue weighted by Gasteiger charge is -2.20. The van der Waals surface area contributed by atoms with Crippen molar-refractivity contribution >= 4 is 22.9 Å². The number of carbonyl (C=O) groups excluding carboxylic acids is 1. The van der Waals surface area contributed by atoms with Crippen molar-refractivity contribution in [3.05, 3.63) is 45.9 Å². The van der Waals surface area contributed by atoms with E-state index in [1.54, 1.807) is 28.5 Å². The van der Waals surface area contributed by atoms with Crippen molar-refractivity contribution in [2.45, 2.75) is 20.4 Å². The normalized spacial score (nSPS) is 10.4. The molecule has 0 aliphatic carbocycles. The second kappa shape index (κ2) is 5.84. The average Bonchev–Trinajstić information content (AvgIpc) is 2.88. The number of anilines is 1. The molecule has 2 rings (SSSR count). The number of thiophene rings is 1. The molecule has 0 aromatic carbocycles. The van der Waals surface area contributed by atoms with E-state index >= 15 is 0 Å². The predicted molar refractivity (Wildman–Crippen MR) is 78.1 cm³/mol. The summed E-state index contributed by atoms with van der Waals surface area (Å²) in [6, 6.07) is 5.74. The fraction of sp³-hybridized carbons (Fsp3) is 0.286.